The first-order valence-electron chi connectivity index (χ1n) is 7.36. The van der Waals surface area contributed by atoms with Gasteiger partial charge in [-0.2, -0.15) is 0 Å². The van der Waals surface area contributed by atoms with Crippen LogP contribution in [0, 0.1) is 11.8 Å². The summed E-state index contributed by atoms with van der Waals surface area (Å²) in [6.07, 6.45) is 0. The molecule has 0 aliphatic carbocycles. The lowest BCUT2D eigenvalue weighted by Gasteiger charge is -2.38. The largest absolute Gasteiger partial charge is 0.316 e. The maximum absolute atomic E-state index is 14.4. The summed E-state index contributed by atoms with van der Waals surface area (Å²) in [5.41, 5.74) is 4.46. The molecule has 22 heavy (non-hydrogen) atoms. The van der Waals surface area contributed by atoms with Crippen molar-refractivity contribution >= 4 is 11.6 Å². The lowest BCUT2D eigenvalue weighted by atomic mass is 9.86. The number of hydrogen-bond acceptors (Lipinski definition) is 2. The lowest BCUT2D eigenvalue weighted by Crippen LogP contribution is -2.54. The van der Waals surface area contributed by atoms with Gasteiger partial charge in [0.1, 0.15) is 0 Å². The third-order valence-electron chi connectivity index (χ3n) is 4.54. The van der Waals surface area contributed by atoms with E-state index in [1.807, 2.05) is 6.07 Å². The second-order valence-corrected chi connectivity index (χ2v) is 5.92. The number of alkyl halides is 2. The van der Waals surface area contributed by atoms with Gasteiger partial charge in [-0.05, 0) is 6.07 Å². The first kappa shape index (κ1) is 14.9. The Hall–Kier alpha value is -1.97. The fraction of sp³-hybridized carbons (Fsp3) is 0.412. The van der Waals surface area contributed by atoms with E-state index in [9.17, 15) is 13.6 Å². The third kappa shape index (κ3) is 2.18. The summed E-state index contributed by atoms with van der Waals surface area (Å²) < 4.78 is 28.8. The Morgan fingerprint density at radius 1 is 1.36 bits per heavy atom. The van der Waals surface area contributed by atoms with Gasteiger partial charge in [0.25, 0.3) is 11.8 Å². The van der Waals surface area contributed by atoms with Crippen LogP contribution in [0.25, 0.3) is 5.70 Å². The molecular formula is C17H18F2N2O. The van der Waals surface area contributed by atoms with Gasteiger partial charge < -0.3 is 10.2 Å². The molecule has 1 fully saturated rings. The molecule has 1 N–H and O–H groups in total. The topological polar surface area (TPSA) is 32.3 Å². The van der Waals surface area contributed by atoms with E-state index in [4.69, 9.17) is 0 Å². The summed E-state index contributed by atoms with van der Waals surface area (Å²) in [5.74, 6) is -4.72. The van der Waals surface area contributed by atoms with Crippen molar-refractivity contribution in [2.75, 3.05) is 19.6 Å². The van der Waals surface area contributed by atoms with Gasteiger partial charge in [0, 0.05) is 36.7 Å². The van der Waals surface area contributed by atoms with Gasteiger partial charge in [0.2, 0.25) is 0 Å². The fourth-order valence-corrected chi connectivity index (χ4v) is 3.19. The van der Waals surface area contributed by atoms with E-state index >= 15 is 0 Å². The maximum Gasteiger partial charge on any atom is 0.259 e. The van der Waals surface area contributed by atoms with Crippen LogP contribution in [0.2, 0.25) is 0 Å². The second-order valence-electron chi connectivity index (χ2n) is 5.92. The van der Waals surface area contributed by atoms with Crippen molar-refractivity contribution in [3.8, 4) is 0 Å². The zero-order valence-corrected chi connectivity index (χ0v) is 12.4. The van der Waals surface area contributed by atoms with Crippen LogP contribution in [0.4, 0.5) is 8.78 Å². The van der Waals surface area contributed by atoms with Crippen LogP contribution >= 0.6 is 0 Å². The molecule has 1 aromatic carbocycles. The van der Waals surface area contributed by atoms with Gasteiger partial charge in [0.05, 0.1) is 11.6 Å². The summed E-state index contributed by atoms with van der Waals surface area (Å²) in [5, 5.41) is 3.02. The molecule has 2 heterocycles. The molecule has 116 valence electrons. The number of halogens is 2. The summed E-state index contributed by atoms with van der Waals surface area (Å²) in [6.45, 7) is 5.60. The molecule has 1 saturated heterocycles. The monoisotopic (exact) mass is 304 g/mol. The maximum atomic E-state index is 14.4. The molecule has 2 atom stereocenters. The van der Waals surface area contributed by atoms with Gasteiger partial charge in [0.15, 0.2) is 0 Å². The molecule has 0 radical (unpaired) electrons. The smallest absolute Gasteiger partial charge is 0.259 e. The molecule has 3 nitrogen and oxygen atoms in total. The third-order valence-corrected chi connectivity index (χ3v) is 4.54. The quantitative estimate of drug-likeness (QED) is 0.852. The number of amides is 1. The molecule has 0 bridgehead atoms. The van der Waals surface area contributed by atoms with Crippen LogP contribution in [0.5, 0.6) is 0 Å². The number of piperidine rings is 1. The van der Waals surface area contributed by atoms with Crippen molar-refractivity contribution in [1.82, 2.24) is 10.2 Å². The minimum atomic E-state index is -2.80. The number of benzene rings is 1. The summed E-state index contributed by atoms with van der Waals surface area (Å²) in [4.78, 5) is 13.9. The number of fused-ring (bicyclic) bond motifs is 1. The first-order chi connectivity index (χ1) is 10.5. The minimum absolute atomic E-state index is 0.0320. The molecule has 2 aliphatic heterocycles. The molecular weight excluding hydrogens is 286 g/mol. The highest BCUT2D eigenvalue weighted by Crippen LogP contribution is 2.39. The predicted molar refractivity (Wildman–Crippen MR) is 80.5 cm³/mol. The number of carbonyl (C=O) groups excluding carboxylic acids is 1. The van der Waals surface area contributed by atoms with E-state index in [0.29, 0.717) is 23.4 Å². The Morgan fingerprint density at radius 3 is 2.73 bits per heavy atom. The average Bonchev–Trinajstić information content (AvgIpc) is 2.77. The van der Waals surface area contributed by atoms with Crippen LogP contribution in [0.15, 0.2) is 36.6 Å². The molecule has 0 saturated carbocycles. The van der Waals surface area contributed by atoms with E-state index in [1.165, 1.54) is 11.8 Å². The molecule has 2 aliphatic rings. The standard InChI is InChI=1S/C17H18F2N2O/c1-3-15-13-6-4-5-7-14(13)16(22)21(15)10-12-9-20-8-11(2)17(12,18)19/h4-7,11-12,20H,1,8-10H2,2H3. The Morgan fingerprint density at radius 2 is 2.05 bits per heavy atom. The molecule has 1 aromatic rings. The number of carbonyl (C=O) groups is 1. The fourth-order valence-electron chi connectivity index (χ4n) is 3.19. The van der Waals surface area contributed by atoms with E-state index in [1.54, 1.807) is 18.2 Å². The number of nitrogens with zero attached hydrogens (tertiary/aromatic N) is 1. The molecule has 5 heteroatoms. The Balaban J connectivity index is 1.90. The van der Waals surface area contributed by atoms with E-state index in [2.05, 4.69) is 17.6 Å². The molecule has 1 amide bonds. The number of rotatable bonds is 2. The van der Waals surface area contributed by atoms with Crippen LogP contribution in [0.1, 0.15) is 22.8 Å². The van der Waals surface area contributed by atoms with Crippen molar-refractivity contribution < 1.29 is 13.6 Å². The molecule has 0 spiro atoms. The number of hydrogen-bond donors (Lipinski definition) is 1. The highest BCUT2D eigenvalue weighted by molar-refractivity contribution is 6.09. The molecule has 0 aromatic heterocycles. The van der Waals surface area contributed by atoms with E-state index < -0.39 is 17.8 Å². The zero-order valence-electron chi connectivity index (χ0n) is 12.4. The van der Waals surface area contributed by atoms with E-state index in [0.717, 1.165) is 0 Å². The van der Waals surface area contributed by atoms with Gasteiger partial charge in [-0.3, -0.25) is 4.79 Å². The highest BCUT2D eigenvalue weighted by atomic mass is 19.3. The van der Waals surface area contributed by atoms with Crippen LogP contribution in [0.3, 0.4) is 0 Å². The Kier molecular flexibility index (Phi) is 3.63. The minimum Gasteiger partial charge on any atom is -0.316 e. The number of nitrogens with one attached hydrogen (secondary N) is 1. The Bertz CT molecular complexity index is 664. The lowest BCUT2D eigenvalue weighted by molar-refractivity contribution is -0.119. The van der Waals surface area contributed by atoms with Crippen LogP contribution in [-0.4, -0.2) is 36.4 Å². The Labute approximate surface area is 128 Å². The average molecular weight is 304 g/mol. The van der Waals surface area contributed by atoms with Gasteiger partial charge in [-0.25, -0.2) is 8.78 Å². The van der Waals surface area contributed by atoms with Crippen molar-refractivity contribution in [2.24, 2.45) is 11.8 Å². The van der Waals surface area contributed by atoms with E-state index in [-0.39, 0.29) is 19.0 Å². The van der Waals surface area contributed by atoms with Crippen LogP contribution in [-0.2, 0) is 0 Å². The normalized spacial score (nSPS) is 26.8. The molecule has 2 unspecified atom stereocenters. The second kappa shape index (κ2) is 5.34. The van der Waals surface area contributed by atoms with Crippen molar-refractivity contribution in [2.45, 2.75) is 12.8 Å². The van der Waals surface area contributed by atoms with Crippen molar-refractivity contribution in [3.05, 3.63) is 47.7 Å². The zero-order chi connectivity index (χ0) is 15.9. The van der Waals surface area contributed by atoms with Gasteiger partial charge in [-0.15, -0.1) is 5.73 Å². The van der Waals surface area contributed by atoms with Crippen molar-refractivity contribution in [3.63, 3.8) is 0 Å². The van der Waals surface area contributed by atoms with Crippen LogP contribution < -0.4 is 5.32 Å². The van der Waals surface area contributed by atoms with Gasteiger partial charge in [-0.1, -0.05) is 31.7 Å². The first-order valence-corrected chi connectivity index (χ1v) is 7.36. The SMILES string of the molecule is C=C=C1c2ccccc2C(=O)N1CC1CNCC(C)C1(F)F. The summed E-state index contributed by atoms with van der Waals surface area (Å²) in [6, 6.07) is 7.07. The van der Waals surface area contributed by atoms with Gasteiger partial charge >= 0.3 is 0 Å². The summed E-state index contributed by atoms with van der Waals surface area (Å²) >= 11 is 0. The summed E-state index contributed by atoms with van der Waals surface area (Å²) in [7, 11) is 0. The predicted octanol–water partition coefficient (Wildman–Crippen LogP) is 2.76. The highest BCUT2D eigenvalue weighted by Gasteiger charge is 2.49. The van der Waals surface area contributed by atoms with Crippen molar-refractivity contribution in [1.29, 1.82) is 0 Å². The molecule has 3 rings (SSSR count).